The highest BCUT2D eigenvalue weighted by Gasteiger charge is 2.25. The molecule has 2 aromatic heterocycles. The number of ether oxygens (including phenoxy) is 2. The zero-order valence-corrected chi connectivity index (χ0v) is 22.8. The van der Waals surface area contributed by atoms with E-state index in [1.807, 2.05) is 37.5 Å². The van der Waals surface area contributed by atoms with Crippen LogP contribution in [0.25, 0.3) is 22.0 Å². The molecule has 0 saturated heterocycles. The summed E-state index contributed by atoms with van der Waals surface area (Å²) in [7, 11) is 4.96. The third kappa shape index (κ3) is 5.60. The van der Waals surface area contributed by atoms with E-state index in [0.717, 1.165) is 27.7 Å². The summed E-state index contributed by atoms with van der Waals surface area (Å²) < 4.78 is 14.2. The number of fused-ring (bicyclic) bond motifs is 1. The molecule has 39 heavy (non-hydrogen) atoms. The molecule has 2 aromatic carbocycles. The van der Waals surface area contributed by atoms with Crippen LogP contribution in [0.1, 0.15) is 30.0 Å². The van der Waals surface area contributed by atoms with Gasteiger partial charge in [0.15, 0.2) is 5.78 Å². The number of aromatic nitrogens is 3. The van der Waals surface area contributed by atoms with Gasteiger partial charge in [-0.2, -0.15) is 5.10 Å². The molecule has 0 radical (unpaired) electrons. The molecule has 3 heterocycles. The first-order chi connectivity index (χ1) is 18.9. The predicted molar refractivity (Wildman–Crippen MR) is 150 cm³/mol. The lowest BCUT2D eigenvalue weighted by atomic mass is 9.95. The van der Waals surface area contributed by atoms with E-state index in [1.165, 1.54) is 17.7 Å². The average molecular weight is 549 g/mol. The van der Waals surface area contributed by atoms with Crippen LogP contribution in [-0.2, 0) is 27.8 Å². The van der Waals surface area contributed by atoms with Crippen LogP contribution in [0.3, 0.4) is 0 Å². The molecule has 4 aromatic rings. The summed E-state index contributed by atoms with van der Waals surface area (Å²) in [6.45, 7) is 0.806. The minimum absolute atomic E-state index is 0.104. The van der Waals surface area contributed by atoms with Gasteiger partial charge in [-0.05, 0) is 41.8 Å². The van der Waals surface area contributed by atoms with Crippen molar-refractivity contribution in [2.24, 2.45) is 12.2 Å². The molecule has 0 N–H and O–H groups in total. The van der Waals surface area contributed by atoms with E-state index in [2.05, 4.69) is 10.3 Å². The van der Waals surface area contributed by atoms with E-state index >= 15 is 0 Å². The predicted octanol–water partition coefficient (Wildman–Crippen LogP) is 4.58. The quantitative estimate of drug-likeness (QED) is 0.288. The van der Waals surface area contributed by atoms with Gasteiger partial charge in [-0.15, -0.1) is 0 Å². The van der Waals surface area contributed by atoms with Crippen LogP contribution < -0.4 is 10.3 Å². The van der Waals surface area contributed by atoms with Gasteiger partial charge in [0.2, 0.25) is 0 Å². The Kier molecular flexibility index (Phi) is 7.81. The molecular weight excluding hydrogens is 520 g/mol. The van der Waals surface area contributed by atoms with Crippen molar-refractivity contribution in [1.29, 1.82) is 0 Å². The highest BCUT2D eigenvalue weighted by molar-refractivity contribution is 6.31. The third-order valence-electron chi connectivity index (χ3n) is 6.82. The Morgan fingerprint density at radius 3 is 2.69 bits per heavy atom. The van der Waals surface area contributed by atoms with Gasteiger partial charge in [0.05, 0.1) is 30.6 Å². The number of oxime groups is 1. The Bertz CT molecular complexity index is 1620. The maximum absolute atomic E-state index is 13.6. The molecule has 0 unspecified atom stereocenters. The maximum atomic E-state index is 13.6. The van der Waals surface area contributed by atoms with Crippen molar-refractivity contribution in [3.63, 3.8) is 0 Å². The topological polar surface area (TPSA) is 96.9 Å². The Balaban J connectivity index is 1.53. The van der Waals surface area contributed by atoms with E-state index in [4.69, 9.17) is 25.9 Å². The van der Waals surface area contributed by atoms with Crippen LogP contribution in [0.15, 0.2) is 64.8 Å². The lowest BCUT2D eigenvalue weighted by Crippen LogP contribution is -2.31. The first-order valence-electron chi connectivity index (χ1n) is 12.6. The van der Waals surface area contributed by atoms with Gasteiger partial charge in [0, 0.05) is 67.4 Å². The summed E-state index contributed by atoms with van der Waals surface area (Å²) >= 11 is 6.34. The zero-order valence-electron chi connectivity index (χ0n) is 22.0. The van der Waals surface area contributed by atoms with Crippen LogP contribution in [0.2, 0.25) is 5.02 Å². The number of Topliss-reactive ketones (excluding diaryl/α,β-unsaturated/α-hetero) is 1. The molecule has 5 rings (SSSR count). The van der Waals surface area contributed by atoms with Crippen molar-refractivity contribution >= 4 is 34.0 Å². The second-order valence-electron chi connectivity index (χ2n) is 9.45. The summed E-state index contributed by atoms with van der Waals surface area (Å²) in [6.07, 6.45) is 4.65. The van der Waals surface area contributed by atoms with Crippen molar-refractivity contribution in [3.8, 4) is 16.9 Å². The maximum Gasteiger partial charge on any atom is 0.252 e. The fraction of sp³-hybridized carbons (Fsp3) is 0.310. The zero-order chi connectivity index (χ0) is 27.5. The summed E-state index contributed by atoms with van der Waals surface area (Å²) in [4.78, 5) is 32.4. The number of aryl methyl sites for hydroxylation is 1. The van der Waals surface area contributed by atoms with Gasteiger partial charge >= 0.3 is 0 Å². The van der Waals surface area contributed by atoms with Crippen LogP contribution in [0, 0.1) is 0 Å². The third-order valence-corrected chi connectivity index (χ3v) is 7.05. The van der Waals surface area contributed by atoms with Crippen molar-refractivity contribution in [3.05, 3.63) is 81.4 Å². The lowest BCUT2D eigenvalue weighted by Gasteiger charge is -2.21. The summed E-state index contributed by atoms with van der Waals surface area (Å²) in [5.41, 5.74) is 4.22. The number of halogens is 1. The van der Waals surface area contributed by atoms with Gasteiger partial charge in [-0.1, -0.05) is 28.9 Å². The molecular formula is C29H29ClN4O5. The molecule has 0 saturated carbocycles. The van der Waals surface area contributed by atoms with Crippen molar-refractivity contribution in [2.45, 2.75) is 25.3 Å². The lowest BCUT2D eigenvalue weighted by molar-refractivity contribution is -0.122. The molecule has 1 aliphatic heterocycles. The molecule has 0 bridgehead atoms. The van der Waals surface area contributed by atoms with E-state index < -0.39 is 6.04 Å². The molecule has 10 heteroatoms. The van der Waals surface area contributed by atoms with Crippen LogP contribution in [0.4, 0.5) is 0 Å². The number of methoxy groups -OCH3 is 2. The minimum Gasteiger partial charge on any atom is -0.495 e. The molecule has 0 amide bonds. The van der Waals surface area contributed by atoms with Gasteiger partial charge in [-0.25, -0.2) is 0 Å². The Labute approximate surface area is 230 Å². The van der Waals surface area contributed by atoms with E-state index in [0.29, 0.717) is 48.0 Å². The standard InChI is InChI=1S/C29H29ClN4O5/c1-33-16-19-12-18(4-7-24(19)31-33)13-27(35)26(9-10-37-2)34-17-28(38-3)23(15-29(34)36)22-14-20(30)5-6-21(22)25-8-11-39-32-25/h4-7,12,14-17,26H,8-11,13H2,1-3H3/t26-/m0/s1. The first-order valence-corrected chi connectivity index (χ1v) is 13.0. The molecule has 0 spiro atoms. The highest BCUT2D eigenvalue weighted by atomic mass is 35.5. The van der Waals surface area contributed by atoms with E-state index in [1.54, 1.807) is 30.1 Å². The fourth-order valence-electron chi connectivity index (χ4n) is 4.94. The van der Waals surface area contributed by atoms with Crippen LogP contribution in [0.5, 0.6) is 5.75 Å². The Hall–Kier alpha value is -3.95. The number of carbonyl (C=O) groups excluding carboxylic acids is 1. The molecule has 9 nitrogen and oxygen atoms in total. The Morgan fingerprint density at radius 1 is 1.10 bits per heavy atom. The summed E-state index contributed by atoms with van der Waals surface area (Å²) in [5.74, 6) is 0.331. The first kappa shape index (κ1) is 26.6. The van der Waals surface area contributed by atoms with Gasteiger partial charge in [0.25, 0.3) is 5.56 Å². The van der Waals surface area contributed by atoms with Crippen molar-refractivity contribution in [2.75, 3.05) is 27.4 Å². The highest BCUT2D eigenvalue weighted by Crippen LogP contribution is 2.35. The van der Waals surface area contributed by atoms with Gasteiger partial charge < -0.3 is 18.9 Å². The van der Waals surface area contributed by atoms with E-state index in [-0.39, 0.29) is 17.8 Å². The number of carbonyl (C=O) groups is 1. The van der Waals surface area contributed by atoms with Gasteiger partial charge in [0.1, 0.15) is 12.4 Å². The number of hydrogen-bond acceptors (Lipinski definition) is 7. The monoisotopic (exact) mass is 548 g/mol. The molecule has 1 aliphatic rings. The summed E-state index contributed by atoms with van der Waals surface area (Å²) in [5, 5.41) is 10.0. The second-order valence-corrected chi connectivity index (χ2v) is 9.88. The number of benzene rings is 2. The molecule has 1 atom stereocenters. The van der Waals surface area contributed by atoms with E-state index in [9.17, 15) is 9.59 Å². The molecule has 202 valence electrons. The number of pyridine rings is 1. The number of rotatable bonds is 10. The smallest absolute Gasteiger partial charge is 0.252 e. The van der Waals surface area contributed by atoms with Crippen LogP contribution in [-0.4, -0.2) is 53.3 Å². The Morgan fingerprint density at radius 2 is 1.95 bits per heavy atom. The number of ketones is 1. The van der Waals surface area contributed by atoms with Crippen LogP contribution >= 0.6 is 11.6 Å². The second kappa shape index (κ2) is 11.4. The number of nitrogens with zero attached hydrogens (tertiary/aromatic N) is 4. The number of hydrogen-bond donors (Lipinski definition) is 0. The minimum atomic E-state index is -0.739. The largest absolute Gasteiger partial charge is 0.495 e. The molecule has 0 aliphatic carbocycles. The normalized spacial score (nSPS) is 13.8. The summed E-state index contributed by atoms with van der Waals surface area (Å²) in [6, 6.07) is 11.9. The molecule has 0 fully saturated rings. The van der Waals surface area contributed by atoms with Crippen molar-refractivity contribution in [1.82, 2.24) is 14.3 Å². The fourth-order valence-corrected chi connectivity index (χ4v) is 5.12. The average Bonchev–Trinajstić information content (AvgIpc) is 3.58. The van der Waals surface area contributed by atoms with Crippen molar-refractivity contribution < 1.29 is 19.1 Å². The van der Waals surface area contributed by atoms with Gasteiger partial charge in [-0.3, -0.25) is 14.3 Å². The SMILES string of the molecule is COCC[C@@H](C(=O)Cc1ccc2nn(C)cc2c1)n1cc(OC)c(-c2cc(Cl)ccc2C2=NOCC2)cc1=O.